The Bertz CT molecular complexity index is 368. The molecule has 0 saturated heterocycles. The third kappa shape index (κ3) is 9.09. The molecule has 8 heteroatoms. The van der Waals surface area contributed by atoms with Gasteiger partial charge in [-0.1, -0.05) is 46.2 Å². The van der Waals surface area contributed by atoms with E-state index in [1.54, 1.807) is 0 Å². The predicted octanol–water partition coefficient (Wildman–Crippen LogP) is 3.50. The molecule has 0 aliphatic carbocycles. The van der Waals surface area contributed by atoms with Gasteiger partial charge in [0.05, 0.1) is 0 Å². The number of hydrogen-bond acceptors (Lipinski definition) is 5. The van der Waals surface area contributed by atoms with Gasteiger partial charge in [-0.3, -0.25) is 0 Å². The van der Waals surface area contributed by atoms with Gasteiger partial charge >= 0.3 is 8.56 Å². The van der Waals surface area contributed by atoms with Gasteiger partial charge in [-0.2, -0.15) is 0 Å². The highest BCUT2D eigenvalue weighted by molar-refractivity contribution is 6.91. The molecule has 0 bridgehead atoms. The molecule has 0 aliphatic rings. The van der Waals surface area contributed by atoms with Crippen molar-refractivity contribution in [1.82, 2.24) is 14.0 Å². The summed E-state index contributed by atoms with van der Waals surface area (Å²) < 4.78 is 16.1. The van der Waals surface area contributed by atoms with Gasteiger partial charge in [-0.05, 0) is 41.2 Å². The molecule has 1 atom stereocenters. The molecule has 5 nitrogen and oxygen atoms in total. The van der Waals surface area contributed by atoms with E-state index >= 15 is 0 Å². The molecule has 0 aromatic heterocycles. The van der Waals surface area contributed by atoms with Crippen LogP contribution in [-0.2, 0) is 8.85 Å². The Balaban J connectivity index is 5.66. The first-order valence-corrected chi connectivity index (χ1v) is 19.3. The van der Waals surface area contributed by atoms with Crippen molar-refractivity contribution in [2.45, 2.75) is 64.8 Å². The van der Waals surface area contributed by atoms with Crippen LogP contribution in [0.25, 0.3) is 0 Å². The van der Waals surface area contributed by atoms with Crippen molar-refractivity contribution < 1.29 is 8.85 Å². The molecule has 0 saturated carbocycles. The quantitative estimate of drug-likeness (QED) is 0.424. The van der Waals surface area contributed by atoms with Gasteiger partial charge in [-0.25, -0.2) is 0 Å². The monoisotopic (exact) mass is 421 g/mol. The van der Waals surface area contributed by atoms with Crippen molar-refractivity contribution in [3.05, 3.63) is 0 Å². The number of hydrogen-bond donors (Lipinski definition) is 0. The van der Waals surface area contributed by atoms with E-state index in [0.29, 0.717) is 5.67 Å². The van der Waals surface area contributed by atoms with Crippen molar-refractivity contribution in [1.29, 1.82) is 0 Å². The number of rotatable bonds is 13. The molecule has 0 heterocycles. The molecular weight excluding hydrogens is 374 g/mol. The maximum atomic E-state index is 6.61. The fourth-order valence-corrected chi connectivity index (χ4v) is 20.5. The lowest BCUT2D eigenvalue weighted by Gasteiger charge is -2.52. The summed E-state index contributed by atoms with van der Waals surface area (Å²) in [6.07, 6.45) is 1.10. The Morgan fingerprint density at radius 3 is 1.27 bits per heavy atom. The highest BCUT2D eigenvalue weighted by Crippen LogP contribution is 2.31. The lowest BCUT2D eigenvalue weighted by molar-refractivity contribution is 0.133. The van der Waals surface area contributed by atoms with Gasteiger partial charge in [0.1, 0.15) is 16.5 Å². The Morgan fingerprint density at radius 2 is 1.04 bits per heavy atom. The Kier molecular flexibility index (Phi) is 11.0. The van der Waals surface area contributed by atoms with Gasteiger partial charge in [0.2, 0.25) is 0 Å². The standard InChI is InChI=1S/C18H47N3O2Si3/c1-13-18(21(24(6,7)8)25(9,10)11)26(12,22-16-14-19(2)3)23-17-15-20(4)5/h18H,13-17H2,1-12H3. The first-order chi connectivity index (χ1) is 11.6. The van der Waals surface area contributed by atoms with Gasteiger partial charge in [0.25, 0.3) is 0 Å². The summed E-state index contributed by atoms with van der Waals surface area (Å²) in [6.45, 7) is 22.8. The molecular formula is C18H47N3O2Si3. The van der Waals surface area contributed by atoms with Crippen LogP contribution in [0.3, 0.4) is 0 Å². The molecule has 1 unspecified atom stereocenters. The van der Waals surface area contributed by atoms with Crippen LogP contribution >= 0.6 is 0 Å². The van der Waals surface area contributed by atoms with Crippen molar-refractivity contribution in [2.75, 3.05) is 54.5 Å². The van der Waals surface area contributed by atoms with Crippen LogP contribution in [0.1, 0.15) is 13.3 Å². The lowest BCUT2D eigenvalue weighted by atomic mass is 10.5. The third-order valence-corrected chi connectivity index (χ3v) is 16.1. The van der Waals surface area contributed by atoms with E-state index in [1.807, 2.05) is 0 Å². The predicted molar refractivity (Wildman–Crippen MR) is 123 cm³/mol. The molecule has 0 aromatic carbocycles. The number of likely N-dealkylation sites (N-methyl/N-ethyl adjacent to an activating group) is 2. The van der Waals surface area contributed by atoms with Crippen molar-refractivity contribution in [3.8, 4) is 0 Å². The molecule has 0 fully saturated rings. The minimum Gasteiger partial charge on any atom is -0.392 e. The van der Waals surface area contributed by atoms with E-state index in [9.17, 15) is 0 Å². The zero-order valence-corrected chi connectivity index (χ0v) is 22.8. The highest BCUT2D eigenvalue weighted by atomic mass is 28.4. The molecule has 0 aromatic rings. The van der Waals surface area contributed by atoms with Gasteiger partial charge in [0, 0.05) is 32.0 Å². The topological polar surface area (TPSA) is 28.2 Å². The van der Waals surface area contributed by atoms with Crippen LogP contribution in [0.15, 0.2) is 0 Å². The molecule has 0 radical (unpaired) electrons. The van der Waals surface area contributed by atoms with E-state index in [-0.39, 0.29) is 0 Å². The average Bonchev–Trinajstić information content (AvgIpc) is 2.40. The molecule has 0 N–H and O–H groups in total. The van der Waals surface area contributed by atoms with E-state index < -0.39 is 25.0 Å². The first kappa shape index (κ1) is 26.5. The van der Waals surface area contributed by atoms with Gasteiger partial charge in [0.15, 0.2) is 0 Å². The third-order valence-electron chi connectivity index (χ3n) is 4.60. The van der Waals surface area contributed by atoms with Crippen LogP contribution in [0.4, 0.5) is 0 Å². The summed E-state index contributed by atoms with van der Waals surface area (Å²) >= 11 is 0. The van der Waals surface area contributed by atoms with Crippen LogP contribution in [0.2, 0.25) is 45.8 Å². The van der Waals surface area contributed by atoms with E-state index in [4.69, 9.17) is 8.85 Å². The lowest BCUT2D eigenvalue weighted by Crippen LogP contribution is -2.71. The minimum atomic E-state index is -2.35. The van der Waals surface area contributed by atoms with Crippen molar-refractivity contribution in [2.24, 2.45) is 0 Å². The van der Waals surface area contributed by atoms with E-state index in [0.717, 1.165) is 32.7 Å². The summed E-state index contributed by atoms with van der Waals surface area (Å²) in [4.78, 5) is 4.37. The van der Waals surface area contributed by atoms with E-state index in [2.05, 4.69) is 95.0 Å². The molecule has 158 valence electrons. The van der Waals surface area contributed by atoms with Gasteiger partial charge < -0.3 is 22.9 Å². The van der Waals surface area contributed by atoms with Crippen LogP contribution in [-0.4, -0.2) is 99.2 Å². The fraction of sp³-hybridized carbons (Fsp3) is 1.00. The minimum absolute atomic E-state index is 0.421. The largest absolute Gasteiger partial charge is 0.392 e. The Morgan fingerprint density at radius 1 is 0.692 bits per heavy atom. The Labute approximate surface area is 167 Å². The second-order valence-corrected chi connectivity index (χ2v) is 23.3. The maximum absolute atomic E-state index is 6.61. The average molecular weight is 422 g/mol. The fourth-order valence-electron chi connectivity index (χ4n) is 3.82. The van der Waals surface area contributed by atoms with E-state index in [1.165, 1.54) is 0 Å². The highest BCUT2D eigenvalue weighted by Gasteiger charge is 2.50. The molecule has 26 heavy (non-hydrogen) atoms. The normalized spacial score (nSPS) is 15.3. The smallest absolute Gasteiger partial charge is 0.351 e. The Hall–Kier alpha value is 0.451. The summed E-state index contributed by atoms with van der Waals surface area (Å²) in [5.74, 6) is 0. The van der Waals surface area contributed by atoms with Crippen molar-refractivity contribution >= 4 is 25.0 Å². The summed E-state index contributed by atoms with van der Waals surface area (Å²) in [7, 11) is 3.07. The van der Waals surface area contributed by atoms with Crippen LogP contribution < -0.4 is 0 Å². The molecule has 0 rings (SSSR count). The van der Waals surface area contributed by atoms with Crippen LogP contribution in [0, 0.1) is 0 Å². The zero-order valence-electron chi connectivity index (χ0n) is 19.8. The molecule has 0 aliphatic heterocycles. The SMILES string of the molecule is CCC(N([Si](C)(C)C)[Si](C)(C)C)[Si](C)(OCCN(C)C)OCCN(C)C. The van der Waals surface area contributed by atoms with Crippen LogP contribution in [0.5, 0.6) is 0 Å². The zero-order chi connectivity index (χ0) is 20.8. The summed E-state index contributed by atoms with van der Waals surface area (Å²) in [6, 6.07) is 0. The number of nitrogens with zero attached hydrogens (tertiary/aromatic N) is 3. The first-order valence-electron chi connectivity index (χ1n) is 10.0. The molecule has 0 spiro atoms. The summed E-state index contributed by atoms with van der Waals surface area (Å²) in [5, 5.41) is 0. The summed E-state index contributed by atoms with van der Waals surface area (Å²) in [5.41, 5.74) is 0.421. The van der Waals surface area contributed by atoms with Crippen molar-refractivity contribution in [3.63, 3.8) is 0 Å². The molecule has 0 amide bonds. The second kappa shape index (κ2) is 10.8. The second-order valence-electron chi connectivity index (χ2n) is 9.96. The van der Waals surface area contributed by atoms with Gasteiger partial charge in [-0.15, -0.1) is 0 Å². The maximum Gasteiger partial charge on any atom is 0.351 e.